The van der Waals surface area contributed by atoms with Gasteiger partial charge in [0.25, 0.3) is 5.22 Å². The van der Waals surface area contributed by atoms with Gasteiger partial charge in [-0.25, -0.2) is 4.98 Å². The molecular formula is C12H14N2OS. The molecular weight excluding hydrogens is 220 g/mol. The van der Waals surface area contributed by atoms with Gasteiger partial charge >= 0.3 is 0 Å². The summed E-state index contributed by atoms with van der Waals surface area (Å²) in [6, 6.07) is 7.92. The van der Waals surface area contributed by atoms with Gasteiger partial charge in [0.05, 0.1) is 0 Å². The first-order chi connectivity index (χ1) is 7.92. The van der Waals surface area contributed by atoms with E-state index >= 15 is 0 Å². The van der Waals surface area contributed by atoms with Gasteiger partial charge in [0, 0.05) is 11.8 Å². The van der Waals surface area contributed by atoms with E-state index in [1.165, 1.54) is 12.8 Å². The van der Waals surface area contributed by atoms with Crippen molar-refractivity contribution in [3.05, 3.63) is 24.3 Å². The van der Waals surface area contributed by atoms with Crippen LogP contribution in [0.4, 0.5) is 0 Å². The van der Waals surface area contributed by atoms with Crippen LogP contribution in [0.15, 0.2) is 33.9 Å². The molecule has 2 heterocycles. The molecule has 1 aromatic carbocycles. The number of thioether (sulfide) groups is 1. The van der Waals surface area contributed by atoms with Gasteiger partial charge in [-0.15, -0.1) is 0 Å². The standard InChI is InChI=1S/C12H14N2OS/c1-2-6-11-10(5-1)14-12(15-11)16-9-4-3-7-13-8-9/h1-2,5-6,9,13H,3-4,7-8H2/t9-/m1/s1. The Morgan fingerprint density at radius 1 is 1.38 bits per heavy atom. The highest BCUT2D eigenvalue weighted by Gasteiger charge is 2.17. The van der Waals surface area contributed by atoms with Gasteiger partial charge in [-0.05, 0) is 31.5 Å². The minimum absolute atomic E-state index is 0.599. The number of hydrogen-bond acceptors (Lipinski definition) is 4. The summed E-state index contributed by atoms with van der Waals surface area (Å²) >= 11 is 1.75. The number of rotatable bonds is 2. The summed E-state index contributed by atoms with van der Waals surface area (Å²) in [5.74, 6) is 0. The van der Waals surface area contributed by atoms with E-state index in [-0.39, 0.29) is 0 Å². The van der Waals surface area contributed by atoms with Gasteiger partial charge < -0.3 is 9.73 Å². The van der Waals surface area contributed by atoms with Crippen LogP contribution in [0.1, 0.15) is 12.8 Å². The highest BCUT2D eigenvalue weighted by molar-refractivity contribution is 7.99. The summed E-state index contributed by atoms with van der Waals surface area (Å²) in [5, 5.41) is 4.80. The zero-order valence-electron chi connectivity index (χ0n) is 8.98. The van der Waals surface area contributed by atoms with Crippen molar-refractivity contribution in [1.29, 1.82) is 0 Å². The van der Waals surface area contributed by atoms with E-state index in [4.69, 9.17) is 4.42 Å². The van der Waals surface area contributed by atoms with Crippen LogP contribution in [0, 0.1) is 0 Å². The molecule has 1 fully saturated rings. The van der Waals surface area contributed by atoms with E-state index in [0.717, 1.165) is 29.4 Å². The first kappa shape index (κ1) is 10.2. The lowest BCUT2D eigenvalue weighted by Gasteiger charge is -2.20. The monoisotopic (exact) mass is 234 g/mol. The van der Waals surface area contributed by atoms with Crippen molar-refractivity contribution in [3.8, 4) is 0 Å². The maximum atomic E-state index is 5.69. The van der Waals surface area contributed by atoms with Crippen molar-refractivity contribution in [2.45, 2.75) is 23.3 Å². The molecule has 0 radical (unpaired) electrons. The molecule has 1 atom stereocenters. The third-order valence-electron chi connectivity index (χ3n) is 2.79. The van der Waals surface area contributed by atoms with Crippen molar-refractivity contribution >= 4 is 22.9 Å². The Bertz CT molecular complexity index is 444. The predicted octanol–water partition coefficient (Wildman–Crippen LogP) is 2.67. The molecule has 0 saturated carbocycles. The second-order valence-electron chi connectivity index (χ2n) is 4.03. The fourth-order valence-corrected chi connectivity index (χ4v) is 3.02. The Labute approximate surface area is 98.6 Å². The van der Waals surface area contributed by atoms with Crippen LogP contribution in [0.3, 0.4) is 0 Å². The Morgan fingerprint density at radius 2 is 2.31 bits per heavy atom. The first-order valence-corrected chi connectivity index (χ1v) is 6.53. The highest BCUT2D eigenvalue weighted by Crippen LogP contribution is 2.29. The molecule has 0 amide bonds. The number of nitrogens with zero attached hydrogens (tertiary/aromatic N) is 1. The molecule has 0 bridgehead atoms. The fraction of sp³-hybridized carbons (Fsp3) is 0.417. The molecule has 3 rings (SSSR count). The molecule has 84 valence electrons. The molecule has 1 N–H and O–H groups in total. The van der Waals surface area contributed by atoms with Crippen LogP contribution < -0.4 is 5.32 Å². The van der Waals surface area contributed by atoms with Crippen molar-refractivity contribution in [2.75, 3.05) is 13.1 Å². The molecule has 1 aliphatic rings. The number of oxazole rings is 1. The topological polar surface area (TPSA) is 38.1 Å². The third kappa shape index (κ3) is 2.08. The maximum Gasteiger partial charge on any atom is 0.257 e. The predicted molar refractivity (Wildman–Crippen MR) is 65.8 cm³/mol. The van der Waals surface area contributed by atoms with Gasteiger partial charge in [0.1, 0.15) is 5.52 Å². The van der Waals surface area contributed by atoms with Crippen LogP contribution in [0.25, 0.3) is 11.1 Å². The van der Waals surface area contributed by atoms with E-state index in [2.05, 4.69) is 10.3 Å². The number of benzene rings is 1. The van der Waals surface area contributed by atoms with Crippen LogP contribution in [-0.4, -0.2) is 23.3 Å². The van der Waals surface area contributed by atoms with Gasteiger partial charge in [0.2, 0.25) is 0 Å². The maximum absolute atomic E-state index is 5.69. The zero-order chi connectivity index (χ0) is 10.8. The number of para-hydroxylation sites is 2. The van der Waals surface area contributed by atoms with E-state index in [1.807, 2.05) is 24.3 Å². The number of aromatic nitrogens is 1. The van der Waals surface area contributed by atoms with Crippen molar-refractivity contribution < 1.29 is 4.42 Å². The quantitative estimate of drug-likeness (QED) is 0.867. The van der Waals surface area contributed by atoms with Crippen LogP contribution in [-0.2, 0) is 0 Å². The van der Waals surface area contributed by atoms with Crippen molar-refractivity contribution in [1.82, 2.24) is 10.3 Å². The number of hydrogen-bond donors (Lipinski definition) is 1. The summed E-state index contributed by atoms with van der Waals surface area (Å²) in [7, 11) is 0. The van der Waals surface area contributed by atoms with Crippen molar-refractivity contribution in [2.24, 2.45) is 0 Å². The average molecular weight is 234 g/mol. The summed E-state index contributed by atoms with van der Waals surface area (Å²) in [5.41, 5.74) is 1.84. The summed E-state index contributed by atoms with van der Waals surface area (Å²) < 4.78 is 5.69. The molecule has 3 nitrogen and oxygen atoms in total. The van der Waals surface area contributed by atoms with Crippen LogP contribution in [0.2, 0.25) is 0 Å². The summed E-state index contributed by atoms with van der Waals surface area (Å²) in [6.07, 6.45) is 2.49. The molecule has 16 heavy (non-hydrogen) atoms. The second-order valence-corrected chi connectivity index (χ2v) is 5.29. The van der Waals surface area contributed by atoms with Crippen molar-refractivity contribution in [3.63, 3.8) is 0 Å². The smallest absolute Gasteiger partial charge is 0.257 e. The number of piperidine rings is 1. The first-order valence-electron chi connectivity index (χ1n) is 5.65. The Balaban J connectivity index is 1.78. The average Bonchev–Trinajstić information content (AvgIpc) is 2.72. The molecule has 0 unspecified atom stereocenters. The zero-order valence-corrected chi connectivity index (χ0v) is 9.80. The minimum atomic E-state index is 0.599. The Kier molecular flexibility index (Phi) is 2.84. The third-order valence-corrected chi connectivity index (χ3v) is 3.91. The highest BCUT2D eigenvalue weighted by atomic mass is 32.2. The lowest BCUT2D eigenvalue weighted by Crippen LogP contribution is -2.31. The Hall–Kier alpha value is -1.00. The number of fused-ring (bicyclic) bond motifs is 1. The molecule has 0 spiro atoms. The van der Waals surface area contributed by atoms with Gasteiger partial charge in [-0.3, -0.25) is 0 Å². The molecule has 4 heteroatoms. The number of nitrogens with one attached hydrogen (secondary N) is 1. The summed E-state index contributed by atoms with van der Waals surface area (Å²) in [4.78, 5) is 4.48. The van der Waals surface area contributed by atoms with Gasteiger partial charge in [-0.2, -0.15) is 0 Å². The van der Waals surface area contributed by atoms with E-state index in [0.29, 0.717) is 5.25 Å². The van der Waals surface area contributed by atoms with E-state index in [1.54, 1.807) is 11.8 Å². The lowest BCUT2D eigenvalue weighted by molar-refractivity contribution is 0.480. The molecule has 1 saturated heterocycles. The molecule has 0 aliphatic carbocycles. The van der Waals surface area contributed by atoms with Gasteiger partial charge in [-0.1, -0.05) is 23.9 Å². The fourth-order valence-electron chi connectivity index (χ4n) is 1.96. The Morgan fingerprint density at radius 3 is 3.12 bits per heavy atom. The molecule has 1 aromatic heterocycles. The van der Waals surface area contributed by atoms with Crippen LogP contribution in [0.5, 0.6) is 0 Å². The normalized spacial score (nSPS) is 21.4. The van der Waals surface area contributed by atoms with Crippen LogP contribution >= 0.6 is 11.8 Å². The molecule has 2 aromatic rings. The second kappa shape index (κ2) is 4.47. The SMILES string of the molecule is c1ccc2oc(S[C@@H]3CCCNC3)nc2c1. The van der Waals surface area contributed by atoms with E-state index < -0.39 is 0 Å². The summed E-state index contributed by atoms with van der Waals surface area (Å²) in [6.45, 7) is 2.20. The lowest BCUT2D eigenvalue weighted by atomic mass is 10.2. The minimum Gasteiger partial charge on any atom is -0.431 e. The molecule has 1 aliphatic heterocycles. The van der Waals surface area contributed by atoms with Gasteiger partial charge in [0.15, 0.2) is 5.58 Å². The largest absolute Gasteiger partial charge is 0.431 e. The van der Waals surface area contributed by atoms with E-state index in [9.17, 15) is 0 Å².